The normalized spacial score (nSPS) is 11.0. The molecule has 6 nitrogen and oxygen atoms in total. The fraction of sp³-hybridized carbons (Fsp3) is 0.188. The smallest absolute Gasteiger partial charge is 0.255 e. The van der Waals surface area contributed by atoms with Crippen LogP contribution in [-0.2, 0) is 10.0 Å². The number of ether oxygens (including phenoxy) is 1. The van der Waals surface area contributed by atoms with Gasteiger partial charge in [-0.05, 0) is 30.3 Å². The minimum absolute atomic E-state index is 0.0671. The molecule has 0 spiro atoms. The second-order valence-electron chi connectivity index (χ2n) is 4.69. The number of nitrogens with one attached hydrogen (secondary N) is 2. The lowest BCUT2D eigenvalue weighted by molar-refractivity contribution is 0.102. The van der Waals surface area contributed by atoms with Gasteiger partial charge in [0, 0.05) is 17.8 Å². The molecule has 0 aliphatic carbocycles. The van der Waals surface area contributed by atoms with Crippen molar-refractivity contribution in [2.75, 3.05) is 19.0 Å². The van der Waals surface area contributed by atoms with Gasteiger partial charge in [0.2, 0.25) is 10.0 Å². The number of rotatable bonds is 6. The number of benzene rings is 2. The van der Waals surface area contributed by atoms with Gasteiger partial charge >= 0.3 is 0 Å². The van der Waals surface area contributed by atoms with Crippen molar-refractivity contribution in [2.45, 2.75) is 11.8 Å². The van der Waals surface area contributed by atoms with Crippen LogP contribution in [-0.4, -0.2) is 28.0 Å². The highest BCUT2D eigenvalue weighted by Crippen LogP contribution is 2.25. The molecule has 2 aromatic rings. The van der Waals surface area contributed by atoms with Crippen LogP contribution in [0.25, 0.3) is 0 Å². The van der Waals surface area contributed by atoms with Crippen molar-refractivity contribution in [1.29, 1.82) is 0 Å². The lowest BCUT2D eigenvalue weighted by Crippen LogP contribution is -2.24. The minimum atomic E-state index is -3.74. The number of methoxy groups -OCH3 is 1. The summed E-state index contributed by atoms with van der Waals surface area (Å²) in [5, 5.41) is 2.71. The number of carbonyl (C=O) groups excluding carboxylic acids is 1. The molecule has 0 aliphatic rings. The third-order valence-corrected chi connectivity index (χ3v) is 4.65. The van der Waals surface area contributed by atoms with E-state index in [1.807, 2.05) is 6.07 Å². The Hall–Kier alpha value is -2.38. The van der Waals surface area contributed by atoms with Gasteiger partial charge in [-0.3, -0.25) is 4.79 Å². The Morgan fingerprint density at radius 2 is 1.83 bits per heavy atom. The topological polar surface area (TPSA) is 84.5 Å². The molecule has 0 fully saturated rings. The van der Waals surface area contributed by atoms with E-state index in [4.69, 9.17) is 4.74 Å². The Balaban J connectivity index is 2.35. The zero-order chi connectivity index (χ0) is 16.9. The van der Waals surface area contributed by atoms with Gasteiger partial charge in [0.1, 0.15) is 10.6 Å². The summed E-state index contributed by atoms with van der Waals surface area (Å²) in [6, 6.07) is 13.2. The van der Waals surface area contributed by atoms with E-state index in [0.29, 0.717) is 5.69 Å². The van der Waals surface area contributed by atoms with Gasteiger partial charge in [-0.25, -0.2) is 13.1 Å². The second-order valence-corrected chi connectivity index (χ2v) is 6.42. The summed E-state index contributed by atoms with van der Waals surface area (Å²) in [4.78, 5) is 12.2. The number of anilines is 1. The molecule has 7 heteroatoms. The summed E-state index contributed by atoms with van der Waals surface area (Å²) < 4.78 is 31.9. The Kier molecular flexibility index (Phi) is 5.36. The first-order valence-corrected chi connectivity index (χ1v) is 8.50. The molecule has 0 radical (unpaired) electrons. The van der Waals surface area contributed by atoms with E-state index < -0.39 is 15.9 Å². The highest BCUT2D eigenvalue weighted by atomic mass is 32.2. The van der Waals surface area contributed by atoms with E-state index in [9.17, 15) is 13.2 Å². The Labute approximate surface area is 135 Å². The third kappa shape index (κ3) is 4.08. The van der Waals surface area contributed by atoms with E-state index in [1.54, 1.807) is 31.2 Å². The molecule has 2 N–H and O–H groups in total. The van der Waals surface area contributed by atoms with Crippen molar-refractivity contribution < 1.29 is 17.9 Å². The van der Waals surface area contributed by atoms with Gasteiger partial charge in [-0.1, -0.05) is 25.1 Å². The molecule has 0 saturated carbocycles. The summed E-state index contributed by atoms with van der Waals surface area (Å²) in [6.07, 6.45) is 0. The van der Waals surface area contributed by atoms with Crippen LogP contribution in [0.3, 0.4) is 0 Å². The maximum absolute atomic E-state index is 12.3. The molecule has 0 bridgehead atoms. The summed E-state index contributed by atoms with van der Waals surface area (Å²) in [7, 11) is -2.36. The number of hydrogen-bond acceptors (Lipinski definition) is 4. The van der Waals surface area contributed by atoms with E-state index in [0.717, 1.165) is 0 Å². The molecule has 0 aromatic heterocycles. The average Bonchev–Trinajstić information content (AvgIpc) is 2.55. The SMILES string of the molecule is CCNS(=O)(=O)c1cc(C(=O)Nc2ccccc2)ccc1OC. The maximum atomic E-state index is 12.3. The van der Waals surface area contributed by atoms with Gasteiger partial charge in [0.25, 0.3) is 5.91 Å². The van der Waals surface area contributed by atoms with Gasteiger partial charge < -0.3 is 10.1 Å². The Morgan fingerprint density at radius 1 is 1.13 bits per heavy atom. The molecular formula is C16H18N2O4S. The fourth-order valence-electron chi connectivity index (χ4n) is 2.02. The zero-order valence-electron chi connectivity index (χ0n) is 12.9. The zero-order valence-corrected chi connectivity index (χ0v) is 13.7. The number of carbonyl (C=O) groups is 1. The van der Waals surface area contributed by atoms with Gasteiger partial charge in [0.15, 0.2) is 0 Å². The number of hydrogen-bond donors (Lipinski definition) is 2. The number of para-hydroxylation sites is 1. The van der Waals surface area contributed by atoms with Crippen LogP contribution < -0.4 is 14.8 Å². The van der Waals surface area contributed by atoms with Gasteiger partial charge in [-0.2, -0.15) is 0 Å². The second kappa shape index (κ2) is 7.26. The third-order valence-electron chi connectivity index (χ3n) is 3.08. The lowest BCUT2D eigenvalue weighted by Gasteiger charge is -2.12. The summed E-state index contributed by atoms with van der Waals surface area (Å²) in [5.74, 6) is -0.214. The molecule has 122 valence electrons. The van der Waals surface area contributed by atoms with Crippen LogP contribution in [0.15, 0.2) is 53.4 Å². The van der Waals surface area contributed by atoms with Crippen LogP contribution in [0.2, 0.25) is 0 Å². The highest BCUT2D eigenvalue weighted by Gasteiger charge is 2.20. The molecule has 0 heterocycles. The monoisotopic (exact) mass is 334 g/mol. The predicted molar refractivity (Wildman–Crippen MR) is 88.3 cm³/mol. The quantitative estimate of drug-likeness (QED) is 0.848. The average molecular weight is 334 g/mol. The molecule has 2 rings (SSSR count). The van der Waals surface area contributed by atoms with E-state index in [-0.39, 0.29) is 22.8 Å². The van der Waals surface area contributed by atoms with Crippen molar-refractivity contribution in [3.63, 3.8) is 0 Å². The molecule has 0 unspecified atom stereocenters. The molecule has 0 saturated heterocycles. The van der Waals surface area contributed by atoms with E-state index in [2.05, 4.69) is 10.0 Å². The van der Waals surface area contributed by atoms with Crippen molar-refractivity contribution in [2.24, 2.45) is 0 Å². The molecule has 23 heavy (non-hydrogen) atoms. The maximum Gasteiger partial charge on any atom is 0.255 e. The molecular weight excluding hydrogens is 316 g/mol. The minimum Gasteiger partial charge on any atom is -0.495 e. The molecule has 1 amide bonds. The predicted octanol–water partition coefficient (Wildman–Crippen LogP) is 2.25. The summed E-state index contributed by atoms with van der Waals surface area (Å²) in [6.45, 7) is 1.92. The lowest BCUT2D eigenvalue weighted by atomic mass is 10.2. The first-order valence-electron chi connectivity index (χ1n) is 7.02. The Bertz CT molecular complexity index is 789. The standard InChI is InChI=1S/C16H18N2O4S/c1-3-17-23(20,21)15-11-12(9-10-14(15)22-2)16(19)18-13-7-5-4-6-8-13/h4-11,17H,3H2,1-2H3,(H,18,19). The summed E-state index contributed by atoms with van der Waals surface area (Å²) >= 11 is 0. The largest absolute Gasteiger partial charge is 0.495 e. The Morgan fingerprint density at radius 3 is 2.43 bits per heavy atom. The van der Waals surface area contributed by atoms with Gasteiger partial charge in [0.05, 0.1) is 7.11 Å². The van der Waals surface area contributed by atoms with Gasteiger partial charge in [-0.15, -0.1) is 0 Å². The molecule has 2 aromatic carbocycles. The first-order chi connectivity index (χ1) is 11.0. The highest BCUT2D eigenvalue weighted by molar-refractivity contribution is 7.89. The van der Waals surface area contributed by atoms with Crippen LogP contribution in [0.5, 0.6) is 5.75 Å². The molecule has 0 atom stereocenters. The number of sulfonamides is 1. The molecule has 0 aliphatic heterocycles. The number of amides is 1. The van der Waals surface area contributed by atoms with Crippen LogP contribution >= 0.6 is 0 Å². The van der Waals surface area contributed by atoms with Crippen molar-refractivity contribution in [3.8, 4) is 5.75 Å². The fourth-order valence-corrected chi connectivity index (χ4v) is 3.25. The van der Waals surface area contributed by atoms with E-state index >= 15 is 0 Å². The van der Waals surface area contributed by atoms with Crippen LogP contribution in [0.1, 0.15) is 17.3 Å². The summed E-state index contributed by atoms with van der Waals surface area (Å²) in [5.41, 5.74) is 0.857. The van der Waals surface area contributed by atoms with E-state index in [1.165, 1.54) is 25.3 Å². The van der Waals surface area contributed by atoms with Crippen LogP contribution in [0.4, 0.5) is 5.69 Å². The van der Waals surface area contributed by atoms with Crippen molar-refractivity contribution in [3.05, 3.63) is 54.1 Å². The first kappa shape index (κ1) is 17.0. The van der Waals surface area contributed by atoms with Crippen LogP contribution in [0, 0.1) is 0 Å². The van der Waals surface area contributed by atoms with Crippen molar-refractivity contribution >= 4 is 21.6 Å². The van der Waals surface area contributed by atoms with Crippen molar-refractivity contribution in [1.82, 2.24) is 4.72 Å².